The van der Waals surface area contributed by atoms with Crippen LogP contribution in [0.4, 0.5) is 0 Å². The predicted molar refractivity (Wildman–Crippen MR) is 88.6 cm³/mol. The zero-order valence-corrected chi connectivity index (χ0v) is 13.6. The van der Waals surface area contributed by atoms with E-state index in [1.165, 1.54) is 43.4 Å². The van der Waals surface area contributed by atoms with Gasteiger partial charge in [-0.25, -0.2) is 0 Å². The molecule has 3 atom stereocenters. The summed E-state index contributed by atoms with van der Waals surface area (Å²) in [7, 11) is 0. The maximum atomic E-state index is 3.71. The molecule has 1 fully saturated rings. The second-order valence-corrected chi connectivity index (χ2v) is 7.84. The van der Waals surface area contributed by atoms with E-state index in [2.05, 4.69) is 49.1 Å². The smallest absolute Gasteiger partial charge is 0.0250 e. The first-order chi connectivity index (χ1) is 9.76. The van der Waals surface area contributed by atoms with E-state index >= 15 is 0 Å². The maximum Gasteiger partial charge on any atom is 0.0250 e. The molecule has 2 aliphatic carbocycles. The van der Waals surface area contributed by atoms with Gasteiger partial charge in [-0.1, -0.05) is 19.9 Å². The van der Waals surface area contributed by atoms with Crippen LogP contribution < -0.4 is 5.32 Å². The Labute approximate surface area is 127 Å². The summed E-state index contributed by atoms with van der Waals surface area (Å²) in [5.41, 5.74) is 3.20. The van der Waals surface area contributed by atoms with Gasteiger partial charge in [0.05, 0.1) is 0 Å². The lowest BCUT2D eigenvalue weighted by atomic mass is 9.87. The molecule has 0 radical (unpaired) electrons. The Bertz CT molecular complexity index is 457. The highest BCUT2D eigenvalue weighted by molar-refractivity contribution is 8.00. The van der Waals surface area contributed by atoms with Crippen LogP contribution >= 0.6 is 11.8 Å². The van der Waals surface area contributed by atoms with E-state index < -0.39 is 0 Å². The molecule has 1 aromatic rings. The van der Waals surface area contributed by atoms with Crippen molar-refractivity contribution < 1.29 is 0 Å². The molecule has 3 unspecified atom stereocenters. The van der Waals surface area contributed by atoms with Gasteiger partial charge < -0.3 is 5.32 Å². The molecular formula is C18H27NS. The van der Waals surface area contributed by atoms with Gasteiger partial charge in [0.25, 0.3) is 0 Å². The van der Waals surface area contributed by atoms with Gasteiger partial charge in [-0.2, -0.15) is 0 Å². The molecule has 1 N–H and O–H groups in total. The summed E-state index contributed by atoms with van der Waals surface area (Å²) >= 11 is 2.12. The molecule has 2 aliphatic rings. The predicted octanol–water partition coefficient (Wildman–Crippen LogP) is 4.43. The van der Waals surface area contributed by atoms with Crippen molar-refractivity contribution in [3.05, 3.63) is 29.3 Å². The topological polar surface area (TPSA) is 12.0 Å². The van der Waals surface area contributed by atoms with E-state index in [0.717, 1.165) is 17.7 Å². The van der Waals surface area contributed by atoms with Crippen molar-refractivity contribution in [3.8, 4) is 0 Å². The monoisotopic (exact) mass is 289 g/mol. The second-order valence-electron chi connectivity index (χ2n) is 6.52. The summed E-state index contributed by atoms with van der Waals surface area (Å²) in [6.07, 6.45) is 8.03. The molecule has 2 heteroatoms. The normalized spacial score (nSPS) is 29.4. The van der Waals surface area contributed by atoms with Crippen molar-refractivity contribution in [2.24, 2.45) is 5.92 Å². The molecule has 0 aliphatic heterocycles. The van der Waals surface area contributed by atoms with E-state index in [4.69, 9.17) is 0 Å². The van der Waals surface area contributed by atoms with E-state index in [0.29, 0.717) is 6.04 Å². The molecule has 0 spiro atoms. The summed E-state index contributed by atoms with van der Waals surface area (Å²) in [5, 5.41) is 4.46. The fourth-order valence-corrected chi connectivity index (χ4v) is 5.28. The van der Waals surface area contributed by atoms with Gasteiger partial charge in [-0.3, -0.25) is 0 Å². The van der Waals surface area contributed by atoms with Crippen LogP contribution in [-0.2, 0) is 12.8 Å². The van der Waals surface area contributed by atoms with Crippen LogP contribution in [0.15, 0.2) is 23.1 Å². The molecular weight excluding hydrogens is 262 g/mol. The van der Waals surface area contributed by atoms with Crippen LogP contribution in [0.2, 0.25) is 0 Å². The summed E-state index contributed by atoms with van der Waals surface area (Å²) in [6, 6.07) is 7.90. The number of thioether (sulfide) groups is 1. The Hall–Kier alpha value is -0.470. The van der Waals surface area contributed by atoms with E-state index in [1.807, 2.05) is 0 Å². The highest BCUT2D eigenvalue weighted by Crippen LogP contribution is 2.37. The van der Waals surface area contributed by atoms with Gasteiger partial charge in [0.2, 0.25) is 0 Å². The zero-order valence-electron chi connectivity index (χ0n) is 12.8. The lowest BCUT2D eigenvalue weighted by molar-refractivity contribution is 0.321. The number of hydrogen-bond donors (Lipinski definition) is 1. The molecule has 1 aromatic carbocycles. The van der Waals surface area contributed by atoms with Crippen molar-refractivity contribution in [2.75, 3.05) is 6.54 Å². The molecule has 0 amide bonds. The molecule has 0 aromatic heterocycles. The van der Waals surface area contributed by atoms with E-state index in [-0.39, 0.29) is 0 Å². The summed E-state index contributed by atoms with van der Waals surface area (Å²) in [6.45, 7) is 5.74. The van der Waals surface area contributed by atoms with Crippen LogP contribution in [0.3, 0.4) is 0 Å². The zero-order chi connectivity index (χ0) is 13.9. The largest absolute Gasteiger partial charge is 0.313 e. The average molecular weight is 289 g/mol. The Morgan fingerprint density at radius 3 is 2.90 bits per heavy atom. The molecule has 20 heavy (non-hydrogen) atoms. The Balaban J connectivity index is 1.70. The number of hydrogen-bond acceptors (Lipinski definition) is 2. The quantitative estimate of drug-likeness (QED) is 0.880. The van der Waals surface area contributed by atoms with Crippen LogP contribution in [0.5, 0.6) is 0 Å². The third-order valence-corrected chi connectivity index (χ3v) is 6.23. The van der Waals surface area contributed by atoms with Gasteiger partial charge in [0, 0.05) is 16.2 Å². The van der Waals surface area contributed by atoms with Crippen LogP contribution in [-0.4, -0.2) is 17.8 Å². The van der Waals surface area contributed by atoms with Gasteiger partial charge in [-0.05, 0) is 74.2 Å². The standard InChI is InChI=1S/C18H27NS/c1-3-19-17-10-7-13(2)11-18(17)20-16-9-8-14-5-4-6-15(14)12-16/h8-9,12-13,17-19H,3-7,10-11H2,1-2H3. The van der Waals surface area contributed by atoms with Crippen molar-refractivity contribution in [1.29, 1.82) is 0 Å². The average Bonchev–Trinajstić information content (AvgIpc) is 2.89. The molecule has 110 valence electrons. The third-order valence-electron chi connectivity index (χ3n) is 4.88. The fourth-order valence-electron chi connectivity index (χ4n) is 3.75. The van der Waals surface area contributed by atoms with Gasteiger partial charge in [0.1, 0.15) is 0 Å². The SMILES string of the molecule is CCNC1CCC(C)CC1Sc1ccc2c(c1)CCC2. The first kappa shape index (κ1) is 14.5. The highest BCUT2D eigenvalue weighted by atomic mass is 32.2. The summed E-state index contributed by atoms with van der Waals surface area (Å²) in [5.74, 6) is 0.886. The van der Waals surface area contributed by atoms with E-state index in [9.17, 15) is 0 Å². The summed E-state index contributed by atoms with van der Waals surface area (Å²) in [4.78, 5) is 1.49. The number of aryl methyl sites for hydroxylation is 2. The van der Waals surface area contributed by atoms with Crippen molar-refractivity contribution in [2.45, 2.75) is 68.6 Å². The third kappa shape index (κ3) is 3.23. The summed E-state index contributed by atoms with van der Waals surface area (Å²) < 4.78 is 0. The Kier molecular flexibility index (Phi) is 4.72. The minimum Gasteiger partial charge on any atom is -0.313 e. The number of nitrogens with one attached hydrogen (secondary N) is 1. The minimum absolute atomic E-state index is 0.703. The van der Waals surface area contributed by atoms with Gasteiger partial charge in [0.15, 0.2) is 0 Å². The number of fused-ring (bicyclic) bond motifs is 1. The van der Waals surface area contributed by atoms with Gasteiger partial charge in [-0.15, -0.1) is 11.8 Å². The molecule has 0 bridgehead atoms. The molecule has 0 saturated heterocycles. The van der Waals surface area contributed by atoms with Crippen molar-refractivity contribution >= 4 is 11.8 Å². The van der Waals surface area contributed by atoms with Gasteiger partial charge >= 0.3 is 0 Å². The van der Waals surface area contributed by atoms with Crippen LogP contribution in [0, 0.1) is 5.92 Å². The number of rotatable bonds is 4. The minimum atomic E-state index is 0.703. The molecule has 3 rings (SSSR count). The molecule has 1 saturated carbocycles. The molecule has 1 nitrogen and oxygen atoms in total. The second kappa shape index (κ2) is 6.53. The first-order valence-electron chi connectivity index (χ1n) is 8.28. The van der Waals surface area contributed by atoms with E-state index in [1.54, 1.807) is 11.1 Å². The fraction of sp³-hybridized carbons (Fsp3) is 0.667. The van der Waals surface area contributed by atoms with Crippen LogP contribution in [0.25, 0.3) is 0 Å². The lowest BCUT2D eigenvalue weighted by Gasteiger charge is -2.35. The lowest BCUT2D eigenvalue weighted by Crippen LogP contribution is -2.42. The number of benzene rings is 1. The van der Waals surface area contributed by atoms with Crippen LogP contribution in [0.1, 0.15) is 50.7 Å². The van der Waals surface area contributed by atoms with Crippen molar-refractivity contribution in [1.82, 2.24) is 5.32 Å². The molecule has 0 heterocycles. The first-order valence-corrected chi connectivity index (χ1v) is 9.16. The Morgan fingerprint density at radius 1 is 1.20 bits per heavy atom. The van der Waals surface area contributed by atoms with Crippen molar-refractivity contribution in [3.63, 3.8) is 0 Å². The highest BCUT2D eigenvalue weighted by Gasteiger charge is 2.29. The Morgan fingerprint density at radius 2 is 2.05 bits per heavy atom. The maximum absolute atomic E-state index is 3.71.